The summed E-state index contributed by atoms with van der Waals surface area (Å²) in [4.78, 5) is 24.5. The molecule has 5 atom stereocenters. The van der Waals surface area contributed by atoms with E-state index in [1.165, 1.54) is 6.92 Å². The summed E-state index contributed by atoms with van der Waals surface area (Å²) in [5.41, 5.74) is 0.336. The van der Waals surface area contributed by atoms with E-state index in [0.717, 1.165) is 0 Å². The van der Waals surface area contributed by atoms with Crippen LogP contribution in [0.1, 0.15) is 38.1 Å². The highest BCUT2D eigenvalue weighted by Crippen LogP contribution is 2.39. The molecule has 8 nitrogen and oxygen atoms in total. The quantitative estimate of drug-likeness (QED) is 0.457. The maximum absolute atomic E-state index is 12.7. The van der Waals surface area contributed by atoms with Crippen LogP contribution in [0.5, 0.6) is 0 Å². The van der Waals surface area contributed by atoms with Crippen molar-refractivity contribution in [2.45, 2.75) is 76.5 Å². The zero-order valence-corrected chi connectivity index (χ0v) is 19.4. The molecule has 168 valence electrons. The van der Waals surface area contributed by atoms with Crippen LogP contribution in [0.25, 0.3) is 0 Å². The fraction of sp³-hybridized carbons (Fsp3) is 0.619. The van der Waals surface area contributed by atoms with Gasteiger partial charge in [-0.25, -0.2) is 4.79 Å². The summed E-state index contributed by atoms with van der Waals surface area (Å²) in [6.07, 6.45) is -4.36. The van der Waals surface area contributed by atoms with E-state index in [9.17, 15) is 19.8 Å². The summed E-state index contributed by atoms with van der Waals surface area (Å²) < 4.78 is 17.7. The average Bonchev–Trinajstić information content (AvgIpc) is 2.65. The van der Waals surface area contributed by atoms with Crippen molar-refractivity contribution in [1.29, 1.82) is 0 Å². The van der Waals surface area contributed by atoms with E-state index < -0.39 is 51.5 Å². The third kappa shape index (κ3) is 5.67. The molecule has 1 heterocycles. The second-order valence-corrected chi connectivity index (χ2v) is 13.8. The van der Waals surface area contributed by atoms with Crippen LogP contribution in [0.4, 0.5) is 0 Å². The van der Waals surface area contributed by atoms with Gasteiger partial charge in [-0.2, -0.15) is 0 Å². The molecule has 1 aromatic rings. The van der Waals surface area contributed by atoms with Crippen LogP contribution in [-0.4, -0.2) is 67.7 Å². The Kier molecular flexibility index (Phi) is 7.81. The number of carbonyl (C=O) groups excluding carboxylic acids is 2. The zero-order chi connectivity index (χ0) is 22.7. The van der Waals surface area contributed by atoms with Gasteiger partial charge in [-0.1, -0.05) is 39.0 Å². The van der Waals surface area contributed by atoms with Gasteiger partial charge in [-0.15, -0.1) is 0 Å². The number of ether oxygens (including phenoxy) is 2. The lowest BCUT2D eigenvalue weighted by molar-refractivity contribution is -0.250. The minimum absolute atomic E-state index is 0.181. The van der Waals surface area contributed by atoms with Gasteiger partial charge >= 0.3 is 5.97 Å². The number of hydrogen-bond donors (Lipinski definition) is 3. The van der Waals surface area contributed by atoms with Gasteiger partial charge in [0.05, 0.1) is 12.2 Å². The molecule has 0 saturated carbocycles. The first kappa shape index (κ1) is 24.5. The van der Waals surface area contributed by atoms with Crippen molar-refractivity contribution in [3.63, 3.8) is 0 Å². The summed E-state index contributed by atoms with van der Waals surface area (Å²) >= 11 is 0. The molecule has 0 bridgehead atoms. The molecule has 2 rings (SSSR count). The summed E-state index contributed by atoms with van der Waals surface area (Å²) in [7, 11) is -2.42. The molecular formula is C21H33NO7Si. The lowest BCUT2D eigenvalue weighted by Crippen LogP contribution is -2.67. The Balaban J connectivity index is 2.42. The molecule has 0 unspecified atom stereocenters. The fourth-order valence-electron chi connectivity index (χ4n) is 3.02. The smallest absolute Gasteiger partial charge is 0.338 e. The summed E-state index contributed by atoms with van der Waals surface area (Å²) in [5.74, 6) is -0.994. The molecule has 1 fully saturated rings. The van der Waals surface area contributed by atoms with Gasteiger partial charge < -0.3 is 29.4 Å². The van der Waals surface area contributed by atoms with Crippen molar-refractivity contribution >= 4 is 20.2 Å². The van der Waals surface area contributed by atoms with E-state index in [1.807, 2.05) is 13.1 Å². The number of nitrogens with one attached hydrogen (secondary N) is 1. The standard InChI is InChI=1S/C21H33NO7Si/c1-13(24)22-16-18(29-30(5,6)21(2,3)4)17(15(12-23)27-20(16)26)28-19(25)14-10-8-7-9-11-14/h7-11,15-18,20,23,26H,12H2,1-6H3,(H,22,24)/t15-,16-,17-,18-,20+/m1/s1. The van der Waals surface area contributed by atoms with E-state index in [4.69, 9.17) is 13.9 Å². The van der Waals surface area contributed by atoms with Gasteiger partial charge in [-0.05, 0) is 30.3 Å². The van der Waals surface area contributed by atoms with Crippen LogP contribution in [0.15, 0.2) is 30.3 Å². The predicted molar refractivity (Wildman–Crippen MR) is 113 cm³/mol. The Morgan fingerprint density at radius 1 is 1.17 bits per heavy atom. The third-order valence-corrected chi connectivity index (χ3v) is 10.2. The van der Waals surface area contributed by atoms with Gasteiger partial charge in [0.1, 0.15) is 18.2 Å². The first-order valence-corrected chi connectivity index (χ1v) is 12.9. The van der Waals surface area contributed by atoms with Crippen LogP contribution >= 0.6 is 0 Å². The highest BCUT2D eigenvalue weighted by molar-refractivity contribution is 6.74. The number of hydrogen-bond acceptors (Lipinski definition) is 7. The number of amides is 1. The molecule has 0 aromatic heterocycles. The second-order valence-electron chi connectivity index (χ2n) is 9.05. The fourth-order valence-corrected chi connectivity index (χ4v) is 4.34. The average molecular weight is 440 g/mol. The summed E-state index contributed by atoms with van der Waals surface area (Å²) in [6.45, 7) is 11.0. The van der Waals surface area contributed by atoms with E-state index in [2.05, 4.69) is 26.1 Å². The number of esters is 1. The molecule has 9 heteroatoms. The molecule has 3 N–H and O–H groups in total. The minimum atomic E-state index is -2.42. The summed E-state index contributed by atoms with van der Waals surface area (Å²) in [5, 5.41) is 22.8. The van der Waals surface area contributed by atoms with Crippen molar-refractivity contribution in [1.82, 2.24) is 5.32 Å². The highest BCUT2D eigenvalue weighted by Gasteiger charge is 2.52. The maximum atomic E-state index is 12.7. The SMILES string of the molecule is CC(=O)N[C@@H]1[C@@H](O[Si](C)(C)C(C)(C)C)[C@H](OC(=O)c2ccccc2)[C@@H](CO)O[C@@H]1O. The summed E-state index contributed by atoms with van der Waals surface area (Å²) in [6, 6.07) is 7.47. The zero-order valence-electron chi connectivity index (χ0n) is 18.4. The van der Waals surface area contributed by atoms with E-state index >= 15 is 0 Å². The number of benzene rings is 1. The third-order valence-electron chi connectivity index (χ3n) is 5.70. The van der Waals surface area contributed by atoms with Crippen molar-refractivity contribution in [2.75, 3.05) is 6.61 Å². The molecule has 1 aliphatic rings. The lowest BCUT2D eigenvalue weighted by atomic mass is 9.96. The van der Waals surface area contributed by atoms with Gasteiger partial charge in [0.15, 0.2) is 20.7 Å². The Bertz CT molecular complexity index is 735. The normalized spacial score (nSPS) is 27.4. The van der Waals surface area contributed by atoms with Crippen molar-refractivity contribution < 1.29 is 33.7 Å². The molecule has 0 spiro atoms. The van der Waals surface area contributed by atoms with Crippen LogP contribution < -0.4 is 5.32 Å². The monoisotopic (exact) mass is 439 g/mol. The van der Waals surface area contributed by atoms with E-state index in [-0.39, 0.29) is 10.9 Å². The van der Waals surface area contributed by atoms with Crippen LogP contribution in [-0.2, 0) is 18.7 Å². The van der Waals surface area contributed by atoms with E-state index in [0.29, 0.717) is 5.56 Å². The lowest BCUT2D eigenvalue weighted by Gasteiger charge is -2.48. The Labute approximate surface area is 178 Å². The molecular weight excluding hydrogens is 406 g/mol. The molecule has 1 aliphatic heterocycles. The van der Waals surface area contributed by atoms with Crippen LogP contribution in [0.2, 0.25) is 18.1 Å². The Hall–Kier alpha value is -1.78. The molecule has 30 heavy (non-hydrogen) atoms. The number of carbonyl (C=O) groups is 2. The maximum Gasteiger partial charge on any atom is 0.338 e. The highest BCUT2D eigenvalue weighted by atomic mass is 28.4. The van der Waals surface area contributed by atoms with Gasteiger partial charge in [0.25, 0.3) is 0 Å². The number of aliphatic hydroxyl groups is 2. The van der Waals surface area contributed by atoms with Crippen molar-refractivity contribution in [2.24, 2.45) is 0 Å². The molecule has 1 saturated heterocycles. The van der Waals surface area contributed by atoms with Crippen LogP contribution in [0.3, 0.4) is 0 Å². The number of rotatable bonds is 6. The largest absolute Gasteiger partial charge is 0.453 e. The predicted octanol–water partition coefficient (Wildman–Crippen LogP) is 1.82. The van der Waals surface area contributed by atoms with Gasteiger partial charge in [0, 0.05) is 6.92 Å². The topological polar surface area (TPSA) is 114 Å². The molecule has 0 radical (unpaired) electrons. The Morgan fingerprint density at radius 2 is 1.77 bits per heavy atom. The first-order chi connectivity index (χ1) is 13.9. The van der Waals surface area contributed by atoms with Gasteiger partial charge in [0.2, 0.25) is 5.91 Å². The minimum Gasteiger partial charge on any atom is -0.453 e. The van der Waals surface area contributed by atoms with Crippen LogP contribution in [0, 0.1) is 0 Å². The second kappa shape index (κ2) is 9.57. The number of aliphatic hydroxyl groups excluding tert-OH is 2. The molecule has 1 aromatic carbocycles. The van der Waals surface area contributed by atoms with Gasteiger partial charge in [-0.3, -0.25) is 4.79 Å². The van der Waals surface area contributed by atoms with Crippen molar-refractivity contribution in [3.05, 3.63) is 35.9 Å². The Morgan fingerprint density at radius 3 is 2.27 bits per heavy atom. The molecule has 1 amide bonds. The van der Waals surface area contributed by atoms with Crippen molar-refractivity contribution in [3.8, 4) is 0 Å². The molecule has 0 aliphatic carbocycles. The van der Waals surface area contributed by atoms with E-state index in [1.54, 1.807) is 30.3 Å². The first-order valence-electron chi connectivity index (χ1n) is 10.0.